The Labute approximate surface area is 129 Å². The lowest BCUT2D eigenvalue weighted by atomic mass is 10.1. The number of carbonyl (C=O) groups excluding carboxylic acids is 1. The molecule has 0 unspecified atom stereocenters. The van der Waals surface area contributed by atoms with Crippen molar-refractivity contribution in [1.82, 2.24) is 4.90 Å². The first-order chi connectivity index (χ1) is 10.4. The Hall–Kier alpha value is -2.30. The number of fused-ring (bicyclic) bond motifs is 1. The minimum atomic E-state index is -0.915. The van der Waals surface area contributed by atoms with E-state index in [1.165, 1.54) is 0 Å². The average Bonchev–Trinajstić information content (AvgIpc) is 2.87. The Morgan fingerprint density at radius 1 is 1.32 bits per heavy atom. The zero-order valence-electron chi connectivity index (χ0n) is 13.1. The van der Waals surface area contributed by atoms with Crippen LogP contribution in [-0.4, -0.2) is 35.0 Å². The SMILES string of the molecule is Cc1cccc2cc(C(=O)N(CCC(=O)O)CC(C)C)oc12. The first kappa shape index (κ1) is 16.1. The second kappa shape index (κ2) is 6.64. The maximum absolute atomic E-state index is 12.6. The maximum Gasteiger partial charge on any atom is 0.305 e. The Morgan fingerprint density at radius 2 is 2.05 bits per heavy atom. The van der Waals surface area contributed by atoms with Gasteiger partial charge in [-0.15, -0.1) is 0 Å². The molecule has 22 heavy (non-hydrogen) atoms. The van der Waals surface area contributed by atoms with E-state index < -0.39 is 5.97 Å². The summed E-state index contributed by atoms with van der Waals surface area (Å²) in [5, 5.41) is 9.72. The van der Waals surface area contributed by atoms with E-state index in [-0.39, 0.29) is 30.6 Å². The van der Waals surface area contributed by atoms with Crippen molar-refractivity contribution in [3.05, 3.63) is 35.6 Å². The molecule has 5 nitrogen and oxygen atoms in total. The maximum atomic E-state index is 12.6. The number of aryl methyl sites for hydroxylation is 1. The monoisotopic (exact) mass is 303 g/mol. The molecule has 0 aliphatic carbocycles. The van der Waals surface area contributed by atoms with Gasteiger partial charge < -0.3 is 14.4 Å². The third kappa shape index (κ3) is 3.67. The molecule has 1 N–H and O–H groups in total. The lowest BCUT2D eigenvalue weighted by molar-refractivity contribution is -0.137. The van der Waals surface area contributed by atoms with Crippen molar-refractivity contribution >= 4 is 22.8 Å². The van der Waals surface area contributed by atoms with Gasteiger partial charge in [0.15, 0.2) is 5.76 Å². The highest BCUT2D eigenvalue weighted by Gasteiger charge is 2.21. The molecule has 0 bridgehead atoms. The predicted molar refractivity (Wildman–Crippen MR) is 83.9 cm³/mol. The number of aliphatic carboxylic acids is 1. The first-order valence-electron chi connectivity index (χ1n) is 7.38. The molecule has 118 valence electrons. The summed E-state index contributed by atoms with van der Waals surface area (Å²) in [5.41, 5.74) is 1.67. The predicted octanol–water partition coefficient (Wildman–Crippen LogP) is 3.31. The molecule has 5 heteroatoms. The van der Waals surface area contributed by atoms with E-state index in [4.69, 9.17) is 9.52 Å². The summed E-state index contributed by atoms with van der Waals surface area (Å²) >= 11 is 0. The lowest BCUT2D eigenvalue weighted by Crippen LogP contribution is -2.35. The van der Waals surface area contributed by atoms with Gasteiger partial charge in [-0.25, -0.2) is 0 Å². The minimum Gasteiger partial charge on any atom is -0.481 e. The van der Waals surface area contributed by atoms with Gasteiger partial charge in [0.2, 0.25) is 0 Å². The number of benzene rings is 1. The van der Waals surface area contributed by atoms with Crippen LogP contribution in [0.15, 0.2) is 28.7 Å². The van der Waals surface area contributed by atoms with Gasteiger partial charge >= 0.3 is 5.97 Å². The number of furan rings is 1. The molecule has 1 aromatic heterocycles. The van der Waals surface area contributed by atoms with Gasteiger partial charge in [0.25, 0.3) is 5.91 Å². The van der Waals surface area contributed by atoms with Crippen molar-refractivity contribution in [3.8, 4) is 0 Å². The van der Waals surface area contributed by atoms with Gasteiger partial charge in [-0.05, 0) is 24.5 Å². The number of carboxylic acid groups (broad SMARTS) is 1. The molecule has 0 aliphatic heterocycles. The standard InChI is InChI=1S/C17H21NO4/c1-11(2)10-18(8-7-15(19)20)17(21)14-9-13-6-4-5-12(3)16(13)22-14/h4-6,9,11H,7-8,10H2,1-3H3,(H,19,20). The molecule has 0 radical (unpaired) electrons. The summed E-state index contributed by atoms with van der Waals surface area (Å²) in [4.78, 5) is 24.9. The molecule has 1 heterocycles. The summed E-state index contributed by atoms with van der Waals surface area (Å²) < 4.78 is 5.69. The van der Waals surface area contributed by atoms with Crippen molar-refractivity contribution in [1.29, 1.82) is 0 Å². The summed E-state index contributed by atoms with van der Waals surface area (Å²) in [6.07, 6.45) is -0.0717. The summed E-state index contributed by atoms with van der Waals surface area (Å²) in [7, 11) is 0. The number of carboxylic acids is 1. The Bertz CT molecular complexity index is 687. The number of carbonyl (C=O) groups is 2. The number of rotatable bonds is 6. The molecule has 0 spiro atoms. The van der Waals surface area contributed by atoms with E-state index >= 15 is 0 Å². The summed E-state index contributed by atoms with van der Waals surface area (Å²) in [6, 6.07) is 7.46. The molecule has 1 aromatic carbocycles. The first-order valence-corrected chi connectivity index (χ1v) is 7.38. The average molecular weight is 303 g/mol. The fourth-order valence-electron chi connectivity index (χ4n) is 2.42. The van der Waals surface area contributed by atoms with E-state index in [1.807, 2.05) is 39.0 Å². The van der Waals surface area contributed by atoms with Crippen LogP contribution in [0.4, 0.5) is 0 Å². The largest absolute Gasteiger partial charge is 0.481 e. The van der Waals surface area contributed by atoms with Gasteiger partial charge in [-0.1, -0.05) is 32.0 Å². The molecule has 2 aromatic rings. The van der Waals surface area contributed by atoms with E-state index in [1.54, 1.807) is 11.0 Å². The Morgan fingerprint density at radius 3 is 2.64 bits per heavy atom. The third-order valence-electron chi connectivity index (χ3n) is 3.42. The van der Waals surface area contributed by atoms with Crippen LogP contribution >= 0.6 is 0 Å². The van der Waals surface area contributed by atoms with E-state index in [9.17, 15) is 9.59 Å². The number of hydrogen-bond acceptors (Lipinski definition) is 3. The number of amides is 1. The van der Waals surface area contributed by atoms with Crippen molar-refractivity contribution < 1.29 is 19.1 Å². The van der Waals surface area contributed by atoms with E-state index in [0.717, 1.165) is 10.9 Å². The molecular formula is C17H21NO4. The molecule has 0 aliphatic rings. The van der Waals surface area contributed by atoms with Gasteiger partial charge in [0.05, 0.1) is 6.42 Å². The molecule has 1 amide bonds. The minimum absolute atomic E-state index is 0.0717. The molecule has 0 saturated carbocycles. The summed E-state index contributed by atoms with van der Waals surface area (Å²) in [5.74, 6) is -0.660. The Kier molecular flexibility index (Phi) is 4.85. The van der Waals surface area contributed by atoms with Crippen LogP contribution in [0.5, 0.6) is 0 Å². The van der Waals surface area contributed by atoms with Crippen molar-refractivity contribution in [3.63, 3.8) is 0 Å². The normalized spacial score (nSPS) is 11.1. The zero-order chi connectivity index (χ0) is 16.3. The molecule has 0 saturated heterocycles. The van der Waals surface area contributed by atoms with Crippen molar-refractivity contribution in [2.75, 3.05) is 13.1 Å². The second-order valence-electron chi connectivity index (χ2n) is 5.89. The van der Waals surface area contributed by atoms with Crippen LogP contribution in [0, 0.1) is 12.8 Å². The molecule has 2 rings (SSSR count). The number of hydrogen-bond donors (Lipinski definition) is 1. The topological polar surface area (TPSA) is 70.8 Å². The molecule has 0 atom stereocenters. The van der Waals surface area contributed by atoms with Gasteiger partial charge in [0.1, 0.15) is 5.58 Å². The van der Waals surface area contributed by atoms with Gasteiger partial charge in [-0.3, -0.25) is 9.59 Å². The molecule has 0 fully saturated rings. The fourth-order valence-corrected chi connectivity index (χ4v) is 2.42. The van der Waals surface area contributed by atoms with Crippen LogP contribution in [-0.2, 0) is 4.79 Å². The van der Waals surface area contributed by atoms with Crippen LogP contribution in [0.2, 0.25) is 0 Å². The van der Waals surface area contributed by atoms with Crippen molar-refractivity contribution in [2.45, 2.75) is 27.2 Å². The zero-order valence-corrected chi connectivity index (χ0v) is 13.1. The van der Waals surface area contributed by atoms with Crippen LogP contribution in [0.3, 0.4) is 0 Å². The van der Waals surface area contributed by atoms with Crippen LogP contribution < -0.4 is 0 Å². The third-order valence-corrected chi connectivity index (χ3v) is 3.42. The molecular weight excluding hydrogens is 282 g/mol. The van der Waals surface area contributed by atoms with E-state index in [0.29, 0.717) is 12.1 Å². The fraction of sp³-hybridized carbons (Fsp3) is 0.412. The number of para-hydroxylation sites is 1. The van der Waals surface area contributed by atoms with Crippen LogP contribution in [0.1, 0.15) is 36.4 Å². The summed E-state index contributed by atoms with van der Waals surface area (Å²) in [6.45, 7) is 6.59. The lowest BCUT2D eigenvalue weighted by Gasteiger charge is -2.22. The van der Waals surface area contributed by atoms with Crippen molar-refractivity contribution in [2.24, 2.45) is 5.92 Å². The smallest absolute Gasteiger partial charge is 0.305 e. The van der Waals surface area contributed by atoms with Gasteiger partial charge in [0, 0.05) is 18.5 Å². The highest BCUT2D eigenvalue weighted by molar-refractivity contribution is 5.96. The Balaban J connectivity index is 2.27. The van der Waals surface area contributed by atoms with Gasteiger partial charge in [-0.2, -0.15) is 0 Å². The quantitative estimate of drug-likeness (QED) is 0.888. The second-order valence-corrected chi connectivity index (χ2v) is 5.89. The number of nitrogens with zero attached hydrogens (tertiary/aromatic N) is 1. The van der Waals surface area contributed by atoms with E-state index in [2.05, 4.69) is 0 Å². The highest BCUT2D eigenvalue weighted by Crippen LogP contribution is 2.23. The van der Waals surface area contributed by atoms with Crippen LogP contribution in [0.25, 0.3) is 11.0 Å². The highest BCUT2D eigenvalue weighted by atomic mass is 16.4.